The fourth-order valence-corrected chi connectivity index (χ4v) is 1.98. The van der Waals surface area contributed by atoms with Crippen molar-refractivity contribution < 1.29 is 5.11 Å². The maximum Gasteiger partial charge on any atom is 0.166 e. The van der Waals surface area contributed by atoms with Crippen molar-refractivity contribution in [3.63, 3.8) is 0 Å². The van der Waals surface area contributed by atoms with E-state index >= 15 is 0 Å². The molecule has 1 heterocycles. The molecule has 0 aliphatic carbocycles. The minimum absolute atomic E-state index is 0.0411. The fraction of sp³-hybridized carbons (Fsp3) is 1.00. The molecule has 0 aromatic rings. The Kier molecular flexibility index (Phi) is 2.96. The van der Waals surface area contributed by atoms with E-state index in [0.29, 0.717) is 0 Å². The van der Waals surface area contributed by atoms with Gasteiger partial charge in [0.15, 0.2) is 6.35 Å². The van der Waals surface area contributed by atoms with Crippen LogP contribution in [-0.4, -0.2) is 45.4 Å². The Morgan fingerprint density at radius 2 is 1.14 bits per heavy atom. The number of aliphatic hydroxyl groups is 1. The number of aliphatic hydroxyl groups excluding tert-OH is 1. The Morgan fingerprint density at radius 3 is 1.29 bits per heavy atom. The molecule has 0 radical (unpaired) electrons. The first kappa shape index (κ1) is 12.0. The molecule has 1 aliphatic rings. The summed E-state index contributed by atoms with van der Waals surface area (Å²) in [5.41, 5.74) is 0.0822. The third kappa shape index (κ3) is 2.27. The highest BCUT2D eigenvalue weighted by Crippen LogP contribution is 2.28. The summed E-state index contributed by atoms with van der Waals surface area (Å²) in [7, 11) is 0. The number of hydrogen-bond acceptors (Lipinski definition) is 3. The lowest BCUT2D eigenvalue weighted by Gasteiger charge is -2.40. The molecule has 0 aromatic heterocycles. The summed E-state index contributed by atoms with van der Waals surface area (Å²) in [6.07, 6.45) is -0.435. The summed E-state index contributed by atoms with van der Waals surface area (Å²) in [4.78, 5) is 4.27. The first-order chi connectivity index (χ1) is 6.14. The summed E-state index contributed by atoms with van der Waals surface area (Å²) < 4.78 is 0. The van der Waals surface area contributed by atoms with Gasteiger partial charge in [0.05, 0.1) is 0 Å². The summed E-state index contributed by atoms with van der Waals surface area (Å²) in [5.74, 6) is 0. The van der Waals surface area contributed by atoms with E-state index in [9.17, 15) is 5.11 Å². The third-order valence-electron chi connectivity index (χ3n) is 2.86. The van der Waals surface area contributed by atoms with Gasteiger partial charge in [0.25, 0.3) is 0 Å². The van der Waals surface area contributed by atoms with Crippen molar-refractivity contribution in [2.75, 3.05) is 13.1 Å². The van der Waals surface area contributed by atoms with Crippen LogP contribution in [0, 0.1) is 0 Å². The maximum absolute atomic E-state index is 10.2. The van der Waals surface area contributed by atoms with Crippen molar-refractivity contribution in [1.29, 1.82) is 0 Å². The van der Waals surface area contributed by atoms with Gasteiger partial charge in [-0.25, -0.2) is 0 Å². The topological polar surface area (TPSA) is 26.7 Å². The zero-order chi connectivity index (χ0) is 11.1. The molecule has 3 heteroatoms. The molecule has 14 heavy (non-hydrogen) atoms. The lowest BCUT2D eigenvalue weighted by molar-refractivity contribution is -0.119. The van der Waals surface area contributed by atoms with Crippen molar-refractivity contribution in [1.82, 2.24) is 9.80 Å². The second-order valence-electron chi connectivity index (χ2n) is 6.07. The second kappa shape index (κ2) is 3.47. The largest absolute Gasteiger partial charge is 0.365 e. The quantitative estimate of drug-likeness (QED) is 0.641. The van der Waals surface area contributed by atoms with Crippen molar-refractivity contribution in [3.05, 3.63) is 0 Å². The molecule has 0 unspecified atom stereocenters. The van der Waals surface area contributed by atoms with Crippen LogP contribution in [0.4, 0.5) is 0 Å². The molecule has 0 spiro atoms. The highest BCUT2D eigenvalue weighted by Gasteiger charge is 2.41. The molecule has 1 saturated heterocycles. The van der Waals surface area contributed by atoms with Gasteiger partial charge in [-0.05, 0) is 41.5 Å². The normalized spacial score (nSPS) is 23.4. The Labute approximate surface area is 87.7 Å². The first-order valence-corrected chi connectivity index (χ1v) is 5.35. The van der Waals surface area contributed by atoms with Gasteiger partial charge in [-0.3, -0.25) is 9.80 Å². The molecule has 0 aromatic carbocycles. The predicted octanol–water partition coefficient (Wildman–Crippen LogP) is 1.48. The van der Waals surface area contributed by atoms with Gasteiger partial charge < -0.3 is 5.11 Å². The molecule has 0 amide bonds. The molecular weight excluding hydrogens is 176 g/mol. The van der Waals surface area contributed by atoms with E-state index in [1.165, 1.54) is 0 Å². The minimum atomic E-state index is -0.435. The Bertz CT molecular complexity index is 180. The SMILES string of the molecule is CC(C)(C)N1CCN(C(C)(C)C)C1O. The van der Waals surface area contributed by atoms with Crippen molar-refractivity contribution in [2.45, 2.75) is 59.0 Å². The van der Waals surface area contributed by atoms with Crippen LogP contribution in [0.15, 0.2) is 0 Å². The van der Waals surface area contributed by atoms with Crippen LogP contribution in [0.1, 0.15) is 41.5 Å². The lowest BCUT2D eigenvalue weighted by atomic mass is 10.1. The van der Waals surface area contributed by atoms with Crippen LogP contribution in [0.5, 0.6) is 0 Å². The molecule has 0 saturated carbocycles. The molecule has 84 valence electrons. The highest BCUT2D eigenvalue weighted by atomic mass is 16.3. The molecule has 0 bridgehead atoms. The van der Waals surface area contributed by atoms with E-state index < -0.39 is 6.35 Å². The number of rotatable bonds is 0. The standard InChI is InChI=1S/C11H24N2O/c1-10(2,3)12-7-8-13(9(12)14)11(4,5)6/h9,14H,7-8H2,1-6H3. The highest BCUT2D eigenvalue weighted by molar-refractivity contribution is 4.89. The summed E-state index contributed by atoms with van der Waals surface area (Å²) in [6, 6.07) is 0. The van der Waals surface area contributed by atoms with Gasteiger partial charge in [-0.15, -0.1) is 0 Å². The number of hydrogen-bond donors (Lipinski definition) is 1. The molecule has 3 nitrogen and oxygen atoms in total. The zero-order valence-electron chi connectivity index (χ0n) is 10.3. The van der Waals surface area contributed by atoms with E-state index in [1.807, 2.05) is 0 Å². The van der Waals surface area contributed by atoms with Gasteiger partial charge in [0.2, 0.25) is 0 Å². The van der Waals surface area contributed by atoms with Gasteiger partial charge in [-0.2, -0.15) is 0 Å². The van der Waals surface area contributed by atoms with Crippen molar-refractivity contribution in [2.24, 2.45) is 0 Å². The molecule has 1 rings (SSSR count). The zero-order valence-corrected chi connectivity index (χ0v) is 10.3. The van der Waals surface area contributed by atoms with E-state index in [1.54, 1.807) is 0 Å². The molecule has 1 N–H and O–H groups in total. The second-order valence-corrected chi connectivity index (χ2v) is 6.07. The Balaban J connectivity index is 2.75. The maximum atomic E-state index is 10.2. The van der Waals surface area contributed by atoms with Crippen LogP contribution >= 0.6 is 0 Å². The van der Waals surface area contributed by atoms with Crippen LogP contribution in [0.2, 0.25) is 0 Å². The van der Waals surface area contributed by atoms with Gasteiger partial charge in [-0.1, -0.05) is 0 Å². The monoisotopic (exact) mass is 200 g/mol. The van der Waals surface area contributed by atoms with E-state index in [2.05, 4.69) is 51.3 Å². The van der Waals surface area contributed by atoms with Crippen LogP contribution in [-0.2, 0) is 0 Å². The third-order valence-corrected chi connectivity index (χ3v) is 2.86. The van der Waals surface area contributed by atoms with Crippen molar-refractivity contribution >= 4 is 0 Å². The molecule has 1 aliphatic heterocycles. The molecule has 1 fully saturated rings. The van der Waals surface area contributed by atoms with Gasteiger partial charge in [0.1, 0.15) is 0 Å². The van der Waals surface area contributed by atoms with Crippen LogP contribution in [0.3, 0.4) is 0 Å². The summed E-state index contributed by atoms with van der Waals surface area (Å²) in [5, 5.41) is 10.2. The van der Waals surface area contributed by atoms with E-state index in [0.717, 1.165) is 13.1 Å². The van der Waals surface area contributed by atoms with E-state index in [4.69, 9.17) is 0 Å². The van der Waals surface area contributed by atoms with Crippen LogP contribution in [0.25, 0.3) is 0 Å². The molecule has 0 atom stereocenters. The summed E-state index contributed by atoms with van der Waals surface area (Å²) >= 11 is 0. The first-order valence-electron chi connectivity index (χ1n) is 5.35. The average molecular weight is 200 g/mol. The lowest BCUT2D eigenvalue weighted by Crippen LogP contribution is -2.52. The molecular formula is C11H24N2O. The smallest absolute Gasteiger partial charge is 0.166 e. The van der Waals surface area contributed by atoms with Gasteiger partial charge >= 0.3 is 0 Å². The number of nitrogens with zero attached hydrogens (tertiary/aromatic N) is 2. The fourth-order valence-electron chi connectivity index (χ4n) is 1.98. The van der Waals surface area contributed by atoms with E-state index in [-0.39, 0.29) is 11.1 Å². The Morgan fingerprint density at radius 1 is 0.857 bits per heavy atom. The average Bonchev–Trinajstić information content (AvgIpc) is 2.26. The van der Waals surface area contributed by atoms with Crippen molar-refractivity contribution in [3.8, 4) is 0 Å². The Hall–Kier alpha value is -0.120. The predicted molar refractivity (Wildman–Crippen MR) is 58.9 cm³/mol. The minimum Gasteiger partial charge on any atom is -0.365 e. The van der Waals surface area contributed by atoms with Gasteiger partial charge in [0, 0.05) is 24.2 Å². The van der Waals surface area contributed by atoms with Crippen LogP contribution < -0.4 is 0 Å². The summed E-state index contributed by atoms with van der Waals surface area (Å²) in [6.45, 7) is 14.7.